The van der Waals surface area contributed by atoms with Crippen LogP contribution in [-0.2, 0) is 6.54 Å². The summed E-state index contributed by atoms with van der Waals surface area (Å²) < 4.78 is 6.51. The van der Waals surface area contributed by atoms with Crippen LogP contribution in [0.5, 0.6) is 0 Å². The summed E-state index contributed by atoms with van der Waals surface area (Å²) in [6.45, 7) is -0.0678. The second-order valence-electron chi connectivity index (χ2n) is 4.28. The van der Waals surface area contributed by atoms with Crippen LogP contribution in [0.4, 0.5) is 11.4 Å². The highest BCUT2D eigenvalue weighted by atomic mass is 16.6. The van der Waals surface area contributed by atoms with Crippen molar-refractivity contribution in [1.82, 2.24) is 14.5 Å². The SMILES string of the molecule is Nc1cccc2oc(Cn3cc([N+](=O)[O-])cnc3=O)nc12. The molecule has 106 valence electrons. The summed E-state index contributed by atoms with van der Waals surface area (Å²) in [6.07, 6.45) is 2.00. The maximum absolute atomic E-state index is 11.6. The molecule has 21 heavy (non-hydrogen) atoms. The number of hydrogen-bond acceptors (Lipinski definition) is 7. The van der Waals surface area contributed by atoms with Gasteiger partial charge in [-0.1, -0.05) is 6.07 Å². The maximum Gasteiger partial charge on any atom is 0.348 e. The Bertz CT molecular complexity index is 898. The van der Waals surface area contributed by atoms with Crippen LogP contribution in [-0.4, -0.2) is 19.5 Å². The summed E-state index contributed by atoms with van der Waals surface area (Å²) in [7, 11) is 0. The van der Waals surface area contributed by atoms with Gasteiger partial charge in [-0.05, 0) is 12.1 Å². The summed E-state index contributed by atoms with van der Waals surface area (Å²) >= 11 is 0. The van der Waals surface area contributed by atoms with E-state index < -0.39 is 10.6 Å². The number of rotatable bonds is 3. The lowest BCUT2D eigenvalue weighted by Crippen LogP contribution is -2.23. The Morgan fingerprint density at radius 3 is 2.95 bits per heavy atom. The Morgan fingerprint density at radius 2 is 2.24 bits per heavy atom. The third kappa shape index (κ3) is 2.31. The molecule has 0 atom stereocenters. The number of para-hydroxylation sites is 1. The van der Waals surface area contributed by atoms with Crippen LogP contribution in [0, 0.1) is 10.1 Å². The van der Waals surface area contributed by atoms with Gasteiger partial charge >= 0.3 is 11.4 Å². The zero-order valence-corrected chi connectivity index (χ0v) is 10.6. The molecule has 9 nitrogen and oxygen atoms in total. The number of nitrogen functional groups attached to an aromatic ring is 1. The lowest BCUT2D eigenvalue weighted by Gasteiger charge is -2.00. The zero-order chi connectivity index (χ0) is 15.0. The molecular weight excluding hydrogens is 278 g/mol. The van der Waals surface area contributed by atoms with Gasteiger partial charge in [0.2, 0.25) is 5.89 Å². The van der Waals surface area contributed by atoms with Crippen molar-refractivity contribution in [3.05, 3.63) is 57.1 Å². The highest BCUT2D eigenvalue weighted by Gasteiger charge is 2.13. The number of hydrogen-bond donors (Lipinski definition) is 1. The molecule has 0 amide bonds. The Kier molecular flexibility index (Phi) is 2.87. The molecule has 2 aromatic heterocycles. The van der Waals surface area contributed by atoms with Crippen molar-refractivity contribution in [3.8, 4) is 0 Å². The summed E-state index contributed by atoms with van der Waals surface area (Å²) in [5, 5.41) is 10.7. The molecule has 0 saturated heterocycles. The number of aromatic nitrogens is 3. The molecule has 0 aliphatic heterocycles. The highest BCUT2D eigenvalue weighted by Crippen LogP contribution is 2.21. The van der Waals surface area contributed by atoms with Gasteiger partial charge in [0, 0.05) is 0 Å². The monoisotopic (exact) mass is 287 g/mol. The molecule has 0 aliphatic carbocycles. The van der Waals surface area contributed by atoms with E-state index in [2.05, 4.69) is 9.97 Å². The number of nitrogens with zero attached hydrogens (tertiary/aromatic N) is 4. The summed E-state index contributed by atoms with van der Waals surface area (Å²) in [5.74, 6) is 0.215. The van der Waals surface area contributed by atoms with Crippen molar-refractivity contribution < 1.29 is 9.34 Å². The first-order valence-corrected chi connectivity index (χ1v) is 5.89. The first-order valence-electron chi connectivity index (χ1n) is 5.89. The lowest BCUT2D eigenvalue weighted by atomic mass is 10.3. The number of anilines is 1. The average Bonchev–Trinajstić information content (AvgIpc) is 2.85. The second kappa shape index (κ2) is 4.71. The molecule has 0 spiro atoms. The fourth-order valence-electron chi connectivity index (χ4n) is 1.88. The van der Waals surface area contributed by atoms with Gasteiger partial charge in [-0.3, -0.25) is 14.7 Å². The molecule has 0 saturated carbocycles. The molecule has 3 rings (SSSR count). The van der Waals surface area contributed by atoms with Crippen LogP contribution in [0.1, 0.15) is 5.89 Å². The third-order valence-electron chi connectivity index (χ3n) is 2.85. The molecule has 2 heterocycles. The Labute approximate surface area is 116 Å². The van der Waals surface area contributed by atoms with Crippen molar-refractivity contribution >= 4 is 22.5 Å². The van der Waals surface area contributed by atoms with Crippen LogP contribution in [0.3, 0.4) is 0 Å². The first-order chi connectivity index (χ1) is 10.0. The van der Waals surface area contributed by atoms with Gasteiger partial charge in [0.25, 0.3) is 0 Å². The summed E-state index contributed by atoms with van der Waals surface area (Å²) in [4.78, 5) is 29.3. The molecule has 1 aromatic carbocycles. The fraction of sp³-hybridized carbons (Fsp3) is 0.0833. The van der Waals surface area contributed by atoms with Gasteiger partial charge in [0.15, 0.2) is 5.58 Å². The number of benzene rings is 1. The minimum Gasteiger partial charge on any atom is -0.439 e. The molecule has 9 heteroatoms. The van der Waals surface area contributed by atoms with E-state index >= 15 is 0 Å². The van der Waals surface area contributed by atoms with Crippen molar-refractivity contribution in [1.29, 1.82) is 0 Å². The van der Waals surface area contributed by atoms with Crippen LogP contribution >= 0.6 is 0 Å². The smallest absolute Gasteiger partial charge is 0.348 e. The Morgan fingerprint density at radius 1 is 1.43 bits per heavy atom. The molecular formula is C12H9N5O4. The van der Waals surface area contributed by atoms with E-state index in [0.717, 1.165) is 17.0 Å². The van der Waals surface area contributed by atoms with Crippen molar-refractivity contribution in [2.24, 2.45) is 0 Å². The van der Waals surface area contributed by atoms with E-state index in [4.69, 9.17) is 10.2 Å². The molecule has 3 aromatic rings. The molecule has 2 N–H and O–H groups in total. The largest absolute Gasteiger partial charge is 0.439 e. The summed E-state index contributed by atoms with van der Waals surface area (Å²) in [6, 6.07) is 5.08. The number of nitrogens with two attached hydrogens (primary N) is 1. The van der Waals surface area contributed by atoms with E-state index in [1.165, 1.54) is 0 Å². The molecule has 0 fully saturated rings. The number of fused-ring (bicyclic) bond motifs is 1. The van der Waals surface area contributed by atoms with Crippen molar-refractivity contribution in [2.75, 3.05) is 5.73 Å². The normalized spacial score (nSPS) is 10.9. The molecule has 0 unspecified atom stereocenters. The zero-order valence-electron chi connectivity index (χ0n) is 10.6. The average molecular weight is 287 g/mol. The topological polar surface area (TPSA) is 130 Å². The van der Waals surface area contributed by atoms with E-state index in [1.54, 1.807) is 18.2 Å². The molecule has 0 aliphatic rings. The van der Waals surface area contributed by atoms with Crippen LogP contribution in [0.2, 0.25) is 0 Å². The first kappa shape index (κ1) is 12.8. The van der Waals surface area contributed by atoms with Gasteiger partial charge < -0.3 is 10.2 Å². The third-order valence-corrected chi connectivity index (χ3v) is 2.85. The number of nitro groups is 1. The highest BCUT2D eigenvalue weighted by molar-refractivity contribution is 5.85. The van der Waals surface area contributed by atoms with Crippen LogP contribution in [0.25, 0.3) is 11.1 Å². The molecule has 0 bridgehead atoms. The van der Waals surface area contributed by atoms with Crippen LogP contribution < -0.4 is 11.4 Å². The Hall–Kier alpha value is -3.23. The number of oxazole rings is 1. The van der Waals surface area contributed by atoms with Crippen LogP contribution in [0.15, 0.2) is 39.8 Å². The predicted octanol–water partition coefficient (Wildman–Crippen LogP) is 0.923. The van der Waals surface area contributed by atoms with E-state index in [-0.39, 0.29) is 18.1 Å². The van der Waals surface area contributed by atoms with Gasteiger partial charge in [-0.15, -0.1) is 0 Å². The van der Waals surface area contributed by atoms with Gasteiger partial charge in [0.1, 0.15) is 18.3 Å². The maximum atomic E-state index is 11.6. The van der Waals surface area contributed by atoms with E-state index in [1.807, 2.05) is 0 Å². The van der Waals surface area contributed by atoms with E-state index in [0.29, 0.717) is 16.8 Å². The minimum absolute atomic E-state index is 0.0678. The molecule has 0 radical (unpaired) electrons. The van der Waals surface area contributed by atoms with E-state index in [9.17, 15) is 14.9 Å². The fourth-order valence-corrected chi connectivity index (χ4v) is 1.88. The van der Waals surface area contributed by atoms with Gasteiger partial charge in [-0.25, -0.2) is 9.78 Å². The second-order valence-corrected chi connectivity index (χ2v) is 4.28. The quantitative estimate of drug-likeness (QED) is 0.430. The van der Waals surface area contributed by atoms with Gasteiger partial charge in [0.05, 0.1) is 16.8 Å². The minimum atomic E-state index is -0.632. The van der Waals surface area contributed by atoms with Crippen molar-refractivity contribution in [3.63, 3.8) is 0 Å². The predicted molar refractivity (Wildman–Crippen MR) is 72.7 cm³/mol. The lowest BCUT2D eigenvalue weighted by molar-refractivity contribution is -0.385. The standard InChI is InChI=1S/C12H9N5O4/c13-8-2-1-3-9-11(8)15-10(21-9)6-16-5-7(17(19)20)4-14-12(16)18/h1-5H,6,13H2. The summed E-state index contributed by atoms with van der Waals surface area (Å²) in [5.41, 5.74) is 6.27. The van der Waals surface area contributed by atoms with Gasteiger partial charge in [-0.2, -0.15) is 4.98 Å². The Balaban J connectivity index is 2.02. The van der Waals surface area contributed by atoms with Crippen molar-refractivity contribution in [2.45, 2.75) is 6.54 Å².